The molecule has 1 aromatic rings. The molecule has 4 heteroatoms. The summed E-state index contributed by atoms with van der Waals surface area (Å²) in [6.45, 7) is 1.72. The fraction of sp³-hybridized carbons (Fsp3) is 0.500. The monoisotopic (exact) mass is 243 g/mol. The minimum atomic E-state index is -0.376. The zero-order valence-electron chi connectivity index (χ0n) is 9.00. The second kappa shape index (κ2) is 5.13. The molecule has 1 aliphatic rings. The molecule has 2 nitrogen and oxygen atoms in total. The van der Waals surface area contributed by atoms with Crippen LogP contribution in [0.15, 0.2) is 18.2 Å². The first kappa shape index (κ1) is 11.8. The molecule has 1 unspecified atom stereocenters. The number of benzene rings is 1. The first-order valence-electron chi connectivity index (χ1n) is 5.50. The summed E-state index contributed by atoms with van der Waals surface area (Å²) in [5.74, 6) is -0.376. The summed E-state index contributed by atoms with van der Waals surface area (Å²) in [7, 11) is 0. The molecule has 2 rings (SSSR count). The van der Waals surface area contributed by atoms with Crippen LogP contribution < -0.4 is 0 Å². The van der Waals surface area contributed by atoms with E-state index in [9.17, 15) is 9.50 Å². The van der Waals surface area contributed by atoms with Gasteiger partial charge >= 0.3 is 0 Å². The molecule has 0 aromatic heterocycles. The maximum Gasteiger partial charge on any atom is 0.142 e. The molecular weight excluding hydrogens is 229 g/mol. The quantitative estimate of drug-likeness (QED) is 0.882. The fourth-order valence-corrected chi connectivity index (χ4v) is 2.39. The van der Waals surface area contributed by atoms with Crippen molar-refractivity contribution in [3.8, 4) is 0 Å². The Balaban J connectivity index is 2.11. The highest BCUT2D eigenvalue weighted by atomic mass is 35.5. The number of rotatable bonds is 3. The fourth-order valence-electron chi connectivity index (χ4n) is 2.20. The van der Waals surface area contributed by atoms with Crippen LogP contribution in [0.4, 0.5) is 4.39 Å². The second-order valence-corrected chi connectivity index (χ2v) is 4.54. The third-order valence-corrected chi connectivity index (χ3v) is 3.54. The lowest BCUT2D eigenvalue weighted by Gasteiger charge is -2.23. The van der Waals surface area contributed by atoms with Gasteiger partial charge in [-0.25, -0.2) is 4.39 Å². The van der Waals surface area contributed by atoms with Crippen LogP contribution in [0.3, 0.4) is 0 Å². The average molecular weight is 244 g/mol. The average Bonchev–Trinajstić information content (AvgIpc) is 2.72. The van der Waals surface area contributed by atoms with E-state index in [-0.39, 0.29) is 23.5 Å². The summed E-state index contributed by atoms with van der Waals surface area (Å²) >= 11 is 5.90. The predicted molar refractivity (Wildman–Crippen MR) is 61.9 cm³/mol. The number of halogens is 2. The van der Waals surface area contributed by atoms with Gasteiger partial charge in [-0.05, 0) is 31.0 Å². The standard InChI is InChI=1S/C12H15ClFNO/c13-12-9(3-1-5-11(12)14)7-15-6-2-4-10(15)8-16/h1,3,5,10,16H,2,4,6-8H2. The third kappa shape index (κ3) is 2.37. The zero-order valence-corrected chi connectivity index (χ0v) is 9.75. The number of likely N-dealkylation sites (tertiary alicyclic amines) is 1. The molecular formula is C12H15ClFNO. The van der Waals surface area contributed by atoms with Gasteiger partial charge in [-0.3, -0.25) is 4.90 Å². The van der Waals surface area contributed by atoms with E-state index in [1.807, 2.05) is 6.07 Å². The molecule has 1 aliphatic heterocycles. The van der Waals surface area contributed by atoms with Crippen LogP contribution in [0, 0.1) is 5.82 Å². The van der Waals surface area contributed by atoms with Crippen molar-refractivity contribution in [1.82, 2.24) is 4.90 Å². The molecule has 0 spiro atoms. The van der Waals surface area contributed by atoms with Gasteiger partial charge in [-0.1, -0.05) is 23.7 Å². The van der Waals surface area contributed by atoms with Crippen molar-refractivity contribution < 1.29 is 9.50 Å². The summed E-state index contributed by atoms with van der Waals surface area (Å²) in [4.78, 5) is 2.15. The van der Waals surface area contributed by atoms with E-state index in [4.69, 9.17) is 11.6 Å². The molecule has 0 amide bonds. The van der Waals surface area contributed by atoms with Crippen LogP contribution in [0.25, 0.3) is 0 Å². The number of nitrogens with zero attached hydrogens (tertiary/aromatic N) is 1. The van der Waals surface area contributed by atoms with Crippen LogP contribution in [0.5, 0.6) is 0 Å². The van der Waals surface area contributed by atoms with Gasteiger partial charge in [0, 0.05) is 12.6 Å². The van der Waals surface area contributed by atoms with Gasteiger partial charge in [-0.15, -0.1) is 0 Å². The Kier molecular flexibility index (Phi) is 3.79. The summed E-state index contributed by atoms with van der Waals surface area (Å²) in [6, 6.07) is 5.05. The maximum atomic E-state index is 13.2. The highest BCUT2D eigenvalue weighted by Crippen LogP contribution is 2.25. The van der Waals surface area contributed by atoms with E-state index >= 15 is 0 Å². The highest BCUT2D eigenvalue weighted by molar-refractivity contribution is 6.31. The predicted octanol–water partition coefficient (Wildman–Crippen LogP) is 2.44. The Bertz CT molecular complexity index is 372. The van der Waals surface area contributed by atoms with Crippen LogP contribution in [0.2, 0.25) is 5.02 Å². The summed E-state index contributed by atoms with van der Waals surface area (Å²) in [5, 5.41) is 9.39. The molecule has 1 fully saturated rings. The normalized spacial score (nSPS) is 21.6. The molecule has 1 heterocycles. The minimum absolute atomic E-state index is 0.160. The van der Waals surface area contributed by atoms with Crippen LogP contribution >= 0.6 is 11.6 Å². The molecule has 0 bridgehead atoms. The van der Waals surface area contributed by atoms with Gasteiger partial charge in [0.2, 0.25) is 0 Å². The Morgan fingerprint density at radius 1 is 1.50 bits per heavy atom. The zero-order chi connectivity index (χ0) is 11.5. The lowest BCUT2D eigenvalue weighted by Crippen LogP contribution is -2.31. The van der Waals surface area contributed by atoms with E-state index in [0.29, 0.717) is 6.54 Å². The topological polar surface area (TPSA) is 23.5 Å². The molecule has 0 aliphatic carbocycles. The SMILES string of the molecule is OCC1CCCN1Cc1cccc(F)c1Cl. The highest BCUT2D eigenvalue weighted by Gasteiger charge is 2.24. The minimum Gasteiger partial charge on any atom is -0.395 e. The lowest BCUT2D eigenvalue weighted by molar-refractivity contribution is 0.153. The Labute approximate surface area is 99.6 Å². The summed E-state index contributed by atoms with van der Waals surface area (Å²) in [6.07, 6.45) is 2.08. The van der Waals surface area contributed by atoms with Crippen molar-refractivity contribution in [3.63, 3.8) is 0 Å². The first-order chi connectivity index (χ1) is 7.72. The number of hydrogen-bond donors (Lipinski definition) is 1. The number of aliphatic hydroxyl groups is 1. The molecule has 0 saturated carbocycles. The van der Waals surface area contributed by atoms with E-state index in [2.05, 4.69) is 4.90 Å². The van der Waals surface area contributed by atoms with E-state index in [1.54, 1.807) is 6.07 Å². The van der Waals surface area contributed by atoms with Crippen LogP contribution in [-0.4, -0.2) is 29.2 Å². The van der Waals surface area contributed by atoms with Crippen LogP contribution in [0.1, 0.15) is 18.4 Å². The molecule has 16 heavy (non-hydrogen) atoms. The van der Waals surface area contributed by atoms with Gasteiger partial charge in [-0.2, -0.15) is 0 Å². The van der Waals surface area contributed by atoms with Crippen molar-refractivity contribution in [3.05, 3.63) is 34.6 Å². The van der Waals surface area contributed by atoms with Crippen molar-refractivity contribution in [2.75, 3.05) is 13.2 Å². The Morgan fingerprint density at radius 3 is 3.06 bits per heavy atom. The number of aliphatic hydroxyl groups excluding tert-OH is 1. The third-order valence-electron chi connectivity index (χ3n) is 3.11. The van der Waals surface area contributed by atoms with Gasteiger partial charge in [0.1, 0.15) is 5.82 Å². The van der Waals surface area contributed by atoms with Crippen molar-refractivity contribution in [2.24, 2.45) is 0 Å². The molecule has 1 saturated heterocycles. The Hall–Kier alpha value is -0.640. The van der Waals surface area contributed by atoms with Gasteiger partial charge in [0.05, 0.1) is 11.6 Å². The van der Waals surface area contributed by atoms with Crippen molar-refractivity contribution >= 4 is 11.6 Å². The summed E-state index contributed by atoms with van der Waals surface area (Å²) in [5.41, 5.74) is 0.794. The first-order valence-corrected chi connectivity index (χ1v) is 5.88. The van der Waals surface area contributed by atoms with Crippen LogP contribution in [-0.2, 0) is 6.54 Å². The smallest absolute Gasteiger partial charge is 0.142 e. The molecule has 1 N–H and O–H groups in total. The van der Waals surface area contributed by atoms with E-state index < -0.39 is 0 Å². The lowest BCUT2D eigenvalue weighted by atomic mass is 10.2. The van der Waals surface area contributed by atoms with E-state index in [1.165, 1.54) is 6.07 Å². The molecule has 1 aromatic carbocycles. The van der Waals surface area contributed by atoms with Gasteiger partial charge in [0.15, 0.2) is 0 Å². The molecule has 0 radical (unpaired) electrons. The largest absolute Gasteiger partial charge is 0.395 e. The van der Waals surface area contributed by atoms with Crippen molar-refractivity contribution in [1.29, 1.82) is 0 Å². The number of hydrogen-bond acceptors (Lipinski definition) is 2. The van der Waals surface area contributed by atoms with Crippen molar-refractivity contribution in [2.45, 2.75) is 25.4 Å². The maximum absolute atomic E-state index is 13.2. The summed E-state index contributed by atoms with van der Waals surface area (Å²) < 4.78 is 13.2. The molecule has 88 valence electrons. The van der Waals surface area contributed by atoms with Gasteiger partial charge < -0.3 is 5.11 Å². The second-order valence-electron chi connectivity index (χ2n) is 4.16. The Morgan fingerprint density at radius 2 is 2.31 bits per heavy atom. The van der Waals surface area contributed by atoms with E-state index in [0.717, 1.165) is 24.9 Å². The molecule has 1 atom stereocenters. The van der Waals surface area contributed by atoms with Gasteiger partial charge in [0.25, 0.3) is 0 Å².